The normalized spacial score (nSPS) is 11.3. The number of aromatic nitrogens is 1. The number of hydrogen-bond donors (Lipinski definition) is 0. The van der Waals surface area contributed by atoms with Crippen molar-refractivity contribution in [2.75, 3.05) is 6.61 Å². The number of nitrogens with zero attached hydrogens (tertiary/aromatic N) is 2. The minimum absolute atomic E-state index is 0.476. The van der Waals surface area contributed by atoms with Crippen molar-refractivity contribution in [3.05, 3.63) is 47.8 Å². The highest BCUT2D eigenvalue weighted by molar-refractivity contribution is 5.67. The number of benzene rings is 1. The van der Waals surface area contributed by atoms with Crippen LogP contribution in [0.15, 0.2) is 36.5 Å². The molecule has 0 aliphatic rings. The van der Waals surface area contributed by atoms with Crippen LogP contribution in [-0.2, 0) is 0 Å². The van der Waals surface area contributed by atoms with Crippen molar-refractivity contribution in [1.29, 1.82) is 5.26 Å². The molecule has 25 heavy (non-hydrogen) atoms. The zero-order valence-electron chi connectivity index (χ0n) is 16.3. The Hall–Kier alpha value is -2.34. The molecule has 2 aromatic rings. The Balaban J connectivity index is 0.00000151. The Morgan fingerprint density at radius 1 is 1.08 bits per heavy atom. The van der Waals surface area contributed by atoms with E-state index in [1.165, 1.54) is 0 Å². The summed E-state index contributed by atoms with van der Waals surface area (Å²) in [5.74, 6) is 1.79. The fourth-order valence-corrected chi connectivity index (χ4v) is 2.75. The summed E-state index contributed by atoms with van der Waals surface area (Å²) in [5, 5.41) is 9.41. The van der Waals surface area contributed by atoms with Crippen LogP contribution < -0.4 is 4.74 Å². The van der Waals surface area contributed by atoms with Gasteiger partial charge in [0, 0.05) is 11.9 Å². The summed E-state index contributed by atoms with van der Waals surface area (Å²) in [6, 6.07) is 12.0. The molecule has 1 unspecified atom stereocenters. The van der Waals surface area contributed by atoms with E-state index >= 15 is 0 Å². The van der Waals surface area contributed by atoms with E-state index in [4.69, 9.17) is 4.74 Å². The minimum atomic E-state index is 0.476. The second-order valence-electron chi connectivity index (χ2n) is 6.55. The van der Waals surface area contributed by atoms with Gasteiger partial charge in [-0.25, -0.2) is 0 Å². The summed E-state index contributed by atoms with van der Waals surface area (Å²) >= 11 is 0. The lowest BCUT2D eigenvalue weighted by molar-refractivity contribution is 0.238. The van der Waals surface area contributed by atoms with Gasteiger partial charge >= 0.3 is 0 Å². The van der Waals surface area contributed by atoms with Gasteiger partial charge in [0.25, 0.3) is 0 Å². The smallest absolute Gasteiger partial charge is 0.137 e. The molecule has 3 heteroatoms. The molecular formula is C22H30N2O. The van der Waals surface area contributed by atoms with Crippen LogP contribution >= 0.6 is 0 Å². The lowest BCUT2D eigenvalue weighted by Gasteiger charge is -2.16. The lowest BCUT2D eigenvalue weighted by Crippen LogP contribution is -2.11. The maximum absolute atomic E-state index is 9.41. The average Bonchev–Trinajstić information content (AvgIpc) is 2.61. The molecule has 1 aromatic heterocycles. The predicted molar refractivity (Wildman–Crippen MR) is 105 cm³/mol. The van der Waals surface area contributed by atoms with Crippen LogP contribution in [0.4, 0.5) is 0 Å². The van der Waals surface area contributed by atoms with Gasteiger partial charge in [-0.2, -0.15) is 5.26 Å². The fourth-order valence-electron chi connectivity index (χ4n) is 2.75. The van der Waals surface area contributed by atoms with Crippen molar-refractivity contribution < 1.29 is 4.74 Å². The van der Waals surface area contributed by atoms with E-state index in [0.29, 0.717) is 29.8 Å². The third kappa shape index (κ3) is 6.58. The van der Waals surface area contributed by atoms with Gasteiger partial charge in [-0.1, -0.05) is 40.7 Å². The summed E-state index contributed by atoms with van der Waals surface area (Å²) in [6.45, 7) is 13.2. The van der Waals surface area contributed by atoms with Gasteiger partial charge in [0.15, 0.2) is 0 Å². The topological polar surface area (TPSA) is 45.9 Å². The largest absolute Gasteiger partial charge is 0.492 e. The third-order valence-electron chi connectivity index (χ3n) is 3.73. The highest BCUT2D eigenvalue weighted by atomic mass is 16.5. The highest BCUT2D eigenvalue weighted by Gasteiger charge is 2.10. The van der Waals surface area contributed by atoms with Gasteiger partial charge in [-0.05, 0) is 60.6 Å². The van der Waals surface area contributed by atoms with Crippen molar-refractivity contribution >= 4 is 0 Å². The molecular weight excluding hydrogens is 308 g/mol. The Kier molecular flexibility index (Phi) is 8.70. The van der Waals surface area contributed by atoms with E-state index in [9.17, 15) is 5.26 Å². The summed E-state index contributed by atoms with van der Waals surface area (Å²) in [6.07, 6.45) is 2.91. The van der Waals surface area contributed by atoms with Gasteiger partial charge in [-0.15, -0.1) is 0 Å². The molecule has 1 aromatic carbocycles. The Bertz CT molecular complexity index is 701. The number of rotatable bonds is 6. The summed E-state index contributed by atoms with van der Waals surface area (Å²) in [5.41, 5.74) is 3.61. The molecule has 1 heterocycles. The average molecular weight is 338 g/mol. The van der Waals surface area contributed by atoms with Crippen molar-refractivity contribution in [2.45, 2.75) is 48.0 Å². The number of ether oxygens (including phenoxy) is 1. The van der Waals surface area contributed by atoms with Crippen molar-refractivity contribution in [3.63, 3.8) is 0 Å². The molecule has 1 atom stereocenters. The first-order valence-electron chi connectivity index (χ1n) is 9.09. The minimum Gasteiger partial charge on any atom is -0.492 e. The Morgan fingerprint density at radius 3 is 2.36 bits per heavy atom. The van der Waals surface area contributed by atoms with Gasteiger partial charge in [0.2, 0.25) is 0 Å². The summed E-state index contributed by atoms with van der Waals surface area (Å²) in [4.78, 5) is 4.21. The van der Waals surface area contributed by atoms with Gasteiger partial charge in [0.05, 0.1) is 12.2 Å². The van der Waals surface area contributed by atoms with E-state index in [2.05, 4.69) is 31.8 Å². The standard InChI is InChI=1S/C20H24N2O.C2H6/c1-14(2)9-15(3)13-23-20-6-5-17(11-19(20)12-21)18-7-8-22-16(4)10-18;1-2/h5-8,10-11,14-15H,9,13H2,1-4H3;1-2H3. The maximum Gasteiger partial charge on any atom is 0.137 e. The highest BCUT2D eigenvalue weighted by Crippen LogP contribution is 2.27. The molecule has 0 amide bonds. The molecule has 2 rings (SSSR count). The first kappa shape index (κ1) is 20.7. The molecule has 0 radical (unpaired) electrons. The maximum atomic E-state index is 9.41. The number of hydrogen-bond acceptors (Lipinski definition) is 3. The summed E-state index contributed by atoms with van der Waals surface area (Å²) < 4.78 is 5.87. The monoisotopic (exact) mass is 338 g/mol. The van der Waals surface area contributed by atoms with Crippen LogP contribution in [0.2, 0.25) is 0 Å². The number of pyridine rings is 1. The Morgan fingerprint density at radius 2 is 1.76 bits per heavy atom. The molecule has 0 saturated heterocycles. The quantitative estimate of drug-likeness (QED) is 0.647. The molecule has 0 aliphatic carbocycles. The van der Waals surface area contributed by atoms with Crippen molar-refractivity contribution in [1.82, 2.24) is 4.98 Å². The lowest BCUT2D eigenvalue weighted by atomic mass is 10.00. The van der Waals surface area contributed by atoms with Crippen LogP contribution in [0.1, 0.15) is 52.3 Å². The van der Waals surface area contributed by atoms with Crippen LogP contribution in [0.5, 0.6) is 5.75 Å². The molecule has 3 nitrogen and oxygen atoms in total. The molecule has 0 fully saturated rings. The third-order valence-corrected chi connectivity index (χ3v) is 3.73. The van der Waals surface area contributed by atoms with E-state index in [1.807, 2.05) is 51.1 Å². The van der Waals surface area contributed by atoms with Gasteiger partial charge < -0.3 is 4.74 Å². The van der Waals surface area contributed by atoms with E-state index in [-0.39, 0.29) is 0 Å². The summed E-state index contributed by atoms with van der Waals surface area (Å²) in [7, 11) is 0. The molecule has 0 saturated carbocycles. The first-order valence-corrected chi connectivity index (χ1v) is 9.09. The van der Waals surface area contributed by atoms with E-state index in [0.717, 1.165) is 23.2 Å². The van der Waals surface area contributed by atoms with Crippen LogP contribution in [-0.4, -0.2) is 11.6 Å². The zero-order valence-corrected chi connectivity index (χ0v) is 16.3. The van der Waals surface area contributed by atoms with Crippen molar-refractivity contribution in [2.24, 2.45) is 11.8 Å². The zero-order chi connectivity index (χ0) is 18.8. The number of aryl methyl sites for hydroxylation is 1. The van der Waals surface area contributed by atoms with Crippen LogP contribution in [0.25, 0.3) is 11.1 Å². The van der Waals surface area contributed by atoms with Gasteiger partial charge in [0.1, 0.15) is 11.8 Å². The molecule has 0 N–H and O–H groups in total. The molecule has 0 aliphatic heterocycles. The second kappa shape index (κ2) is 10.5. The first-order chi connectivity index (χ1) is 12.0. The number of nitriles is 1. The molecule has 0 bridgehead atoms. The van der Waals surface area contributed by atoms with Crippen LogP contribution in [0, 0.1) is 30.1 Å². The van der Waals surface area contributed by atoms with Crippen molar-refractivity contribution in [3.8, 4) is 22.9 Å². The molecule has 0 spiro atoms. The van der Waals surface area contributed by atoms with E-state index < -0.39 is 0 Å². The SMILES string of the molecule is CC.Cc1cc(-c2ccc(OCC(C)CC(C)C)c(C#N)c2)ccn1. The second-order valence-corrected chi connectivity index (χ2v) is 6.55. The van der Waals surface area contributed by atoms with E-state index in [1.54, 1.807) is 6.20 Å². The van der Waals surface area contributed by atoms with Gasteiger partial charge in [-0.3, -0.25) is 4.98 Å². The fraction of sp³-hybridized carbons (Fsp3) is 0.455. The Labute approximate surface area is 152 Å². The predicted octanol–water partition coefficient (Wildman–Crippen LogP) is 6.02. The van der Waals surface area contributed by atoms with Crippen LogP contribution in [0.3, 0.4) is 0 Å². The molecule has 134 valence electrons.